The normalized spacial score (nSPS) is 14.1. The van der Waals surface area contributed by atoms with Crippen molar-refractivity contribution in [1.29, 1.82) is 0 Å². The van der Waals surface area contributed by atoms with Gasteiger partial charge in [-0.2, -0.15) is 0 Å². The lowest BCUT2D eigenvalue weighted by atomic mass is 9.96. The zero-order valence-corrected chi connectivity index (χ0v) is 10.9. The van der Waals surface area contributed by atoms with Crippen molar-refractivity contribution in [3.8, 4) is 0 Å². The van der Waals surface area contributed by atoms with Gasteiger partial charge in [-0.05, 0) is 29.7 Å². The number of rotatable bonds is 4. The fourth-order valence-electron chi connectivity index (χ4n) is 2.08. The van der Waals surface area contributed by atoms with E-state index in [1.165, 1.54) is 6.07 Å². The van der Waals surface area contributed by atoms with E-state index in [0.717, 1.165) is 11.1 Å². The minimum absolute atomic E-state index is 0.256. The first-order chi connectivity index (χ1) is 9.08. The standard InChI is InChI=1S/C16H18FNO/c1-11-9-13(7-8-14(11)17)16(18)15(19)10-12-5-3-2-4-6-12/h2-9,15-16,19H,10,18H2,1H3/t15-,16+/m0/s1. The number of hydrogen-bond donors (Lipinski definition) is 2. The van der Waals surface area contributed by atoms with Crippen LogP contribution in [0, 0.1) is 12.7 Å². The van der Waals surface area contributed by atoms with Crippen LogP contribution in [0.3, 0.4) is 0 Å². The van der Waals surface area contributed by atoms with Crippen molar-refractivity contribution in [3.63, 3.8) is 0 Å². The van der Waals surface area contributed by atoms with Crippen LogP contribution in [-0.4, -0.2) is 11.2 Å². The summed E-state index contributed by atoms with van der Waals surface area (Å²) in [6.45, 7) is 1.69. The average molecular weight is 259 g/mol. The molecule has 3 N–H and O–H groups in total. The van der Waals surface area contributed by atoms with E-state index in [1.54, 1.807) is 19.1 Å². The van der Waals surface area contributed by atoms with E-state index in [2.05, 4.69) is 0 Å². The molecule has 2 rings (SSSR count). The second-order valence-electron chi connectivity index (χ2n) is 4.79. The van der Waals surface area contributed by atoms with Crippen molar-refractivity contribution in [2.75, 3.05) is 0 Å². The van der Waals surface area contributed by atoms with Crippen molar-refractivity contribution in [1.82, 2.24) is 0 Å². The first-order valence-electron chi connectivity index (χ1n) is 6.31. The van der Waals surface area contributed by atoms with Gasteiger partial charge in [0.25, 0.3) is 0 Å². The average Bonchev–Trinajstić information content (AvgIpc) is 2.42. The van der Waals surface area contributed by atoms with Gasteiger partial charge in [0.1, 0.15) is 5.82 Å². The van der Waals surface area contributed by atoms with Crippen LogP contribution in [0.15, 0.2) is 48.5 Å². The van der Waals surface area contributed by atoms with Gasteiger partial charge in [0, 0.05) is 6.42 Å². The predicted molar refractivity (Wildman–Crippen MR) is 74.2 cm³/mol. The van der Waals surface area contributed by atoms with Gasteiger partial charge in [-0.1, -0.05) is 42.5 Å². The van der Waals surface area contributed by atoms with E-state index in [1.807, 2.05) is 30.3 Å². The summed E-state index contributed by atoms with van der Waals surface area (Å²) in [7, 11) is 0. The Balaban J connectivity index is 2.10. The van der Waals surface area contributed by atoms with E-state index in [0.29, 0.717) is 12.0 Å². The largest absolute Gasteiger partial charge is 0.391 e. The van der Waals surface area contributed by atoms with Crippen molar-refractivity contribution >= 4 is 0 Å². The summed E-state index contributed by atoms with van der Waals surface area (Å²) in [5.41, 5.74) is 8.36. The SMILES string of the molecule is Cc1cc([C@@H](N)[C@@H](O)Cc2ccccc2)ccc1F. The molecule has 0 saturated carbocycles. The fourth-order valence-corrected chi connectivity index (χ4v) is 2.08. The molecule has 0 amide bonds. The zero-order chi connectivity index (χ0) is 13.8. The summed E-state index contributed by atoms with van der Waals surface area (Å²) in [5.74, 6) is -0.256. The third-order valence-electron chi connectivity index (χ3n) is 3.27. The maximum Gasteiger partial charge on any atom is 0.126 e. The summed E-state index contributed by atoms with van der Waals surface area (Å²) in [5, 5.41) is 10.2. The first-order valence-corrected chi connectivity index (χ1v) is 6.31. The molecule has 19 heavy (non-hydrogen) atoms. The van der Waals surface area contributed by atoms with E-state index >= 15 is 0 Å². The molecule has 2 aromatic rings. The summed E-state index contributed by atoms with van der Waals surface area (Å²) in [4.78, 5) is 0. The molecule has 0 aliphatic heterocycles. The number of benzene rings is 2. The summed E-state index contributed by atoms with van der Waals surface area (Å²) < 4.78 is 13.2. The number of nitrogens with two attached hydrogens (primary N) is 1. The van der Waals surface area contributed by atoms with Crippen LogP contribution in [-0.2, 0) is 6.42 Å². The molecule has 2 nitrogen and oxygen atoms in total. The number of aliphatic hydroxyl groups is 1. The Labute approximate surface area is 112 Å². The third-order valence-corrected chi connectivity index (χ3v) is 3.27. The molecule has 3 heteroatoms. The molecule has 0 fully saturated rings. The second-order valence-corrected chi connectivity index (χ2v) is 4.79. The first kappa shape index (κ1) is 13.7. The molecule has 0 saturated heterocycles. The summed E-state index contributed by atoms with van der Waals surface area (Å²) in [6, 6.07) is 13.9. The molecule has 0 bridgehead atoms. The highest BCUT2D eigenvalue weighted by atomic mass is 19.1. The lowest BCUT2D eigenvalue weighted by Crippen LogP contribution is -2.28. The molecule has 2 atom stereocenters. The van der Waals surface area contributed by atoms with Crippen LogP contribution in [0.1, 0.15) is 22.7 Å². The Kier molecular flexibility index (Phi) is 4.30. The van der Waals surface area contributed by atoms with Crippen molar-refractivity contribution in [2.24, 2.45) is 5.73 Å². The van der Waals surface area contributed by atoms with Gasteiger partial charge in [0.15, 0.2) is 0 Å². The maximum absolute atomic E-state index is 13.2. The quantitative estimate of drug-likeness (QED) is 0.887. The zero-order valence-electron chi connectivity index (χ0n) is 10.9. The van der Waals surface area contributed by atoms with Crippen LogP contribution in [0.4, 0.5) is 4.39 Å². The van der Waals surface area contributed by atoms with Crippen LogP contribution in [0.5, 0.6) is 0 Å². The highest BCUT2D eigenvalue weighted by molar-refractivity contribution is 5.27. The molecule has 0 aliphatic carbocycles. The maximum atomic E-state index is 13.2. The van der Waals surface area contributed by atoms with Gasteiger partial charge < -0.3 is 10.8 Å². The summed E-state index contributed by atoms with van der Waals surface area (Å²) in [6.07, 6.45) is -0.203. The third kappa shape index (κ3) is 3.40. The van der Waals surface area contributed by atoms with Crippen molar-refractivity contribution in [2.45, 2.75) is 25.5 Å². The highest BCUT2D eigenvalue weighted by Gasteiger charge is 2.17. The Hall–Kier alpha value is -1.71. The van der Waals surface area contributed by atoms with Gasteiger partial charge in [-0.15, -0.1) is 0 Å². The Morgan fingerprint density at radius 1 is 1.16 bits per heavy atom. The second kappa shape index (κ2) is 5.95. The van der Waals surface area contributed by atoms with Crippen LogP contribution in [0.25, 0.3) is 0 Å². The Morgan fingerprint density at radius 2 is 1.84 bits per heavy atom. The lowest BCUT2D eigenvalue weighted by molar-refractivity contribution is 0.145. The molecule has 0 aliphatic rings. The number of aliphatic hydroxyl groups excluding tert-OH is 1. The van der Waals surface area contributed by atoms with E-state index < -0.39 is 12.1 Å². The van der Waals surface area contributed by atoms with E-state index in [-0.39, 0.29) is 5.82 Å². The Morgan fingerprint density at radius 3 is 2.47 bits per heavy atom. The monoisotopic (exact) mass is 259 g/mol. The molecule has 0 radical (unpaired) electrons. The molecular formula is C16H18FNO. The lowest BCUT2D eigenvalue weighted by Gasteiger charge is -2.20. The molecular weight excluding hydrogens is 241 g/mol. The van der Waals surface area contributed by atoms with Crippen LogP contribution < -0.4 is 5.73 Å². The van der Waals surface area contributed by atoms with Crippen LogP contribution >= 0.6 is 0 Å². The van der Waals surface area contributed by atoms with Gasteiger partial charge in [-0.3, -0.25) is 0 Å². The van der Waals surface area contributed by atoms with Gasteiger partial charge in [0.2, 0.25) is 0 Å². The molecule has 0 spiro atoms. The van der Waals surface area contributed by atoms with Crippen LogP contribution in [0.2, 0.25) is 0 Å². The van der Waals surface area contributed by atoms with Crippen molar-refractivity contribution in [3.05, 3.63) is 71.0 Å². The number of hydrogen-bond acceptors (Lipinski definition) is 2. The van der Waals surface area contributed by atoms with Crippen molar-refractivity contribution < 1.29 is 9.50 Å². The number of halogens is 1. The molecule has 2 aromatic carbocycles. The van der Waals surface area contributed by atoms with E-state index in [9.17, 15) is 9.50 Å². The predicted octanol–water partition coefficient (Wildman–Crippen LogP) is 2.74. The molecule has 0 heterocycles. The van der Waals surface area contributed by atoms with Gasteiger partial charge in [0.05, 0.1) is 12.1 Å². The molecule has 100 valence electrons. The van der Waals surface area contributed by atoms with Gasteiger partial charge >= 0.3 is 0 Å². The summed E-state index contributed by atoms with van der Waals surface area (Å²) >= 11 is 0. The smallest absolute Gasteiger partial charge is 0.126 e. The van der Waals surface area contributed by atoms with Gasteiger partial charge in [-0.25, -0.2) is 4.39 Å². The minimum atomic E-state index is -0.688. The topological polar surface area (TPSA) is 46.2 Å². The number of aryl methyl sites for hydroxylation is 1. The van der Waals surface area contributed by atoms with E-state index in [4.69, 9.17) is 5.73 Å². The molecule has 0 unspecified atom stereocenters. The Bertz CT molecular complexity index is 542. The fraction of sp³-hybridized carbons (Fsp3) is 0.250. The highest BCUT2D eigenvalue weighted by Crippen LogP contribution is 2.20. The minimum Gasteiger partial charge on any atom is -0.391 e. The molecule has 0 aromatic heterocycles.